The van der Waals surface area contributed by atoms with Gasteiger partial charge in [0.25, 0.3) is 0 Å². The maximum Gasteiger partial charge on any atom is 0.337 e. The number of carbonyl (C=O) groups is 1. The topological polar surface area (TPSA) is 90.3 Å². The number of hydrogen-bond donors (Lipinski definition) is 1. The molecule has 26 heavy (non-hydrogen) atoms. The Morgan fingerprint density at radius 2 is 1.92 bits per heavy atom. The highest BCUT2D eigenvalue weighted by Crippen LogP contribution is 2.14. The molecule has 0 aliphatic rings. The molecule has 0 bridgehead atoms. The highest BCUT2D eigenvalue weighted by molar-refractivity contribution is 7.89. The number of ether oxygens (including phenoxy) is 1. The fraction of sp³-hybridized carbons (Fsp3) is 0.111. The smallest absolute Gasteiger partial charge is 0.337 e. The van der Waals surface area contributed by atoms with Crippen LogP contribution in [-0.2, 0) is 21.3 Å². The lowest BCUT2D eigenvalue weighted by Gasteiger charge is -2.09. The SMILES string of the molecule is COC(=O)c1cccc(S(=O)(=O)NCc2ccc(-n3cccn3)cc2)c1. The van der Waals surface area contributed by atoms with E-state index in [1.165, 1.54) is 31.4 Å². The lowest BCUT2D eigenvalue weighted by Crippen LogP contribution is -2.23. The number of benzene rings is 2. The number of nitrogens with zero attached hydrogens (tertiary/aromatic N) is 2. The highest BCUT2D eigenvalue weighted by atomic mass is 32.2. The number of esters is 1. The molecule has 134 valence electrons. The molecule has 0 unspecified atom stereocenters. The number of nitrogens with one attached hydrogen (secondary N) is 1. The van der Waals surface area contributed by atoms with Crippen molar-refractivity contribution in [2.75, 3.05) is 7.11 Å². The van der Waals surface area contributed by atoms with Crippen LogP contribution < -0.4 is 4.72 Å². The molecule has 3 aromatic rings. The number of aromatic nitrogens is 2. The van der Waals surface area contributed by atoms with Gasteiger partial charge in [0.2, 0.25) is 10.0 Å². The number of methoxy groups -OCH3 is 1. The van der Waals surface area contributed by atoms with E-state index in [1.807, 2.05) is 36.5 Å². The van der Waals surface area contributed by atoms with E-state index in [1.54, 1.807) is 10.9 Å². The van der Waals surface area contributed by atoms with Gasteiger partial charge in [0.15, 0.2) is 0 Å². The highest BCUT2D eigenvalue weighted by Gasteiger charge is 2.16. The first-order valence-corrected chi connectivity index (χ1v) is 9.25. The van der Waals surface area contributed by atoms with Crippen LogP contribution in [0.4, 0.5) is 0 Å². The van der Waals surface area contributed by atoms with Crippen molar-refractivity contribution in [2.24, 2.45) is 0 Å². The third-order valence-corrected chi connectivity index (χ3v) is 5.14. The van der Waals surface area contributed by atoms with Crippen molar-refractivity contribution in [3.63, 3.8) is 0 Å². The van der Waals surface area contributed by atoms with Crippen molar-refractivity contribution in [3.8, 4) is 5.69 Å². The minimum absolute atomic E-state index is 0.00793. The van der Waals surface area contributed by atoms with E-state index in [9.17, 15) is 13.2 Å². The number of rotatable bonds is 6. The number of sulfonamides is 1. The first-order chi connectivity index (χ1) is 12.5. The number of hydrogen-bond acceptors (Lipinski definition) is 5. The molecule has 0 aliphatic carbocycles. The quantitative estimate of drug-likeness (QED) is 0.671. The van der Waals surface area contributed by atoms with Gasteiger partial charge in [0.1, 0.15) is 0 Å². The second-order valence-corrected chi connectivity index (χ2v) is 7.23. The van der Waals surface area contributed by atoms with Gasteiger partial charge in [-0.2, -0.15) is 5.10 Å². The summed E-state index contributed by atoms with van der Waals surface area (Å²) in [4.78, 5) is 11.6. The van der Waals surface area contributed by atoms with Gasteiger partial charge >= 0.3 is 5.97 Å². The summed E-state index contributed by atoms with van der Waals surface area (Å²) in [5.41, 5.74) is 1.86. The summed E-state index contributed by atoms with van der Waals surface area (Å²) in [5, 5.41) is 4.14. The zero-order valence-electron chi connectivity index (χ0n) is 14.0. The van der Waals surface area contributed by atoms with E-state index in [-0.39, 0.29) is 17.0 Å². The van der Waals surface area contributed by atoms with Crippen molar-refractivity contribution in [3.05, 3.63) is 78.1 Å². The van der Waals surface area contributed by atoms with Crippen molar-refractivity contribution in [1.82, 2.24) is 14.5 Å². The Balaban J connectivity index is 1.71. The standard InChI is InChI=1S/C18H17N3O4S/c1-25-18(22)15-4-2-5-17(12-15)26(23,24)20-13-14-6-8-16(9-7-14)21-11-3-10-19-21/h2-12,20H,13H2,1H3. The van der Waals surface area contributed by atoms with Crippen LogP contribution in [0.1, 0.15) is 15.9 Å². The van der Waals surface area contributed by atoms with Gasteiger partial charge in [0, 0.05) is 18.9 Å². The predicted octanol–water partition coefficient (Wildman–Crippen LogP) is 2.14. The minimum atomic E-state index is -3.75. The third-order valence-electron chi connectivity index (χ3n) is 3.74. The third kappa shape index (κ3) is 3.98. The molecule has 0 amide bonds. The molecule has 2 aromatic carbocycles. The molecular weight excluding hydrogens is 354 g/mol. The molecular formula is C18H17N3O4S. The fourth-order valence-corrected chi connectivity index (χ4v) is 3.42. The zero-order chi connectivity index (χ0) is 18.6. The van der Waals surface area contributed by atoms with Gasteiger partial charge in [-0.15, -0.1) is 0 Å². The van der Waals surface area contributed by atoms with Gasteiger partial charge in [-0.05, 0) is 42.0 Å². The number of carbonyl (C=O) groups excluding carboxylic acids is 1. The van der Waals surface area contributed by atoms with E-state index in [0.29, 0.717) is 0 Å². The normalized spacial score (nSPS) is 11.3. The van der Waals surface area contributed by atoms with E-state index < -0.39 is 16.0 Å². The van der Waals surface area contributed by atoms with E-state index >= 15 is 0 Å². The van der Waals surface area contributed by atoms with Crippen LogP contribution in [0.5, 0.6) is 0 Å². The maximum absolute atomic E-state index is 12.4. The summed E-state index contributed by atoms with van der Waals surface area (Å²) in [7, 11) is -2.51. The monoisotopic (exact) mass is 371 g/mol. The van der Waals surface area contributed by atoms with Gasteiger partial charge in [-0.25, -0.2) is 22.6 Å². The van der Waals surface area contributed by atoms with Gasteiger partial charge in [-0.3, -0.25) is 0 Å². The summed E-state index contributed by atoms with van der Waals surface area (Å²) >= 11 is 0. The van der Waals surface area contributed by atoms with Crippen LogP contribution in [0, 0.1) is 0 Å². The second-order valence-electron chi connectivity index (χ2n) is 5.46. The van der Waals surface area contributed by atoms with Crippen molar-refractivity contribution in [1.29, 1.82) is 0 Å². The van der Waals surface area contributed by atoms with Crippen molar-refractivity contribution in [2.45, 2.75) is 11.4 Å². The summed E-state index contributed by atoms with van der Waals surface area (Å²) in [5.74, 6) is -0.587. The summed E-state index contributed by atoms with van der Waals surface area (Å²) in [6.07, 6.45) is 3.51. The Labute approximate surface area is 151 Å². The molecule has 3 rings (SSSR count). The molecule has 7 nitrogen and oxygen atoms in total. The Hall–Kier alpha value is -2.97. The predicted molar refractivity (Wildman–Crippen MR) is 95.4 cm³/mol. The maximum atomic E-state index is 12.4. The van der Waals surface area contributed by atoms with Crippen LogP contribution in [-0.4, -0.2) is 31.3 Å². The molecule has 0 saturated heterocycles. The summed E-state index contributed by atoms with van der Waals surface area (Å²) in [6, 6.07) is 14.9. The lowest BCUT2D eigenvalue weighted by atomic mass is 10.2. The Kier molecular flexibility index (Phi) is 5.15. The first-order valence-electron chi connectivity index (χ1n) is 7.76. The molecule has 0 aliphatic heterocycles. The molecule has 1 N–H and O–H groups in total. The lowest BCUT2D eigenvalue weighted by molar-refractivity contribution is 0.0600. The van der Waals surface area contributed by atoms with E-state index in [0.717, 1.165) is 11.3 Å². The fourth-order valence-electron chi connectivity index (χ4n) is 2.36. The van der Waals surface area contributed by atoms with Crippen molar-refractivity contribution < 1.29 is 17.9 Å². The molecule has 0 spiro atoms. The largest absolute Gasteiger partial charge is 0.465 e. The average molecular weight is 371 g/mol. The molecule has 1 heterocycles. The van der Waals surface area contributed by atoms with Gasteiger partial charge < -0.3 is 4.74 Å². The minimum Gasteiger partial charge on any atom is -0.465 e. The Bertz CT molecular complexity index is 997. The van der Waals surface area contributed by atoms with Crippen molar-refractivity contribution >= 4 is 16.0 Å². The second kappa shape index (κ2) is 7.51. The van der Waals surface area contributed by atoms with Crippen LogP contribution in [0.2, 0.25) is 0 Å². The van der Waals surface area contributed by atoms with Crippen LogP contribution in [0.25, 0.3) is 5.69 Å². The molecule has 1 aromatic heterocycles. The first kappa shape index (κ1) is 17.8. The van der Waals surface area contributed by atoms with Gasteiger partial charge in [-0.1, -0.05) is 18.2 Å². The molecule has 0 saturated carbocycles. The van der Waals surface area contributed by atoms with Crippen LogP contribution in [0.3, 0.4) is 0 Å². The van der Waals surface area contributed by atoms with Gasteiger partial charge in [0.05, 0.1) is 23.3 Å². The zero-order valence-corrected chi connectivity index (χ0v) is 14.8. The Morgan fingerprint density at radius 1 is 1.15 bits per heavy atom. The summed E-state index contributed by atoms with van der Waals surface area (Å²) < 4.78 is 33.7. The van der Waals surface area contributed by atoms with E-state index in [4.69, 9.17) is 0 Å². The average Bonchev–Trinajstić information content (AvgIpc) is 3.21. The molecule has 0 fully saturated rings. The molecule has 0 radical (unpaired) electrons. The van der Waals surface area contributed by atoms with Crippen LogP contribution in [0.15, 0.2) is 71.9 Å². The summed E-state index contributed by atoms with van der Waals surface area (Å²) in [6.45, 7) is 0.129. The Morgan fingerprint density at radius 3 is 2.58 bits per heavy atom. The van der Waals surface area contributed by atoms with Crippen LogP contribution >= 0.6 is 0 Å². The molecule has 8 heteroatoms. The van der Waals surface area contributed by atoms with E-state index in [2.05, 4.69) is 14.6 Å². The molecule has 0 atom stereocenters.